The van der Waals surface area contributed by atoms with Gasteiger partial charge in [-0.2, -0.15) is 0 Å². The van der Waals surface area contributed by atoms with Gasteiger partial charge in [-0.25, -0.2) is 0 Å². The van der Waals surface area contributed by atoms with Crippen molar-refractivity contribution in [2.24, 2.45) is 5.41 Å². The van der Waals surface area contributed by atoms with Gasteiger partial charge >= 0.3 is 218 Å². The van der Waals surface area contributed by atoms with Crippen LogP contribution in [0.25, 0.3) is 11.1 Å². The van der Waals surface area contributed by atoms with Gasteiger partial charge in [0.05, 0.1) is 0 Å². The van der Waals surface area contributed by atoms with Crippen LogP contribution in [0.1, 0.15) is 108 Å². The van der Waals surface area contributed by atoms with E-state index < -0.39 is 21.3 Å². The molecule has 0 aliphatic heterocycles. The van der Waals surface area contributed by atoms with Gasteiger partial charge in [0, 0.05) is 0 Å². The molecular weight excluding hydrogens is 558 g/mol. The minimum Gasteiger partial charge on any atom is -1.00 e. The second-order valence-corrected chi connectivity index (χ2v) is 21.2. The second kappa shape index (κ2) is 10.8. The summed E-state index contributed by atoms with van der Waals surface area (Å²) in [6, 6.07) is 14.8. The van der Waals surface area contributed by atoms with Gasteiger partial charge in [0.1, 0.15) is 0 Å². The summed E-state index contributed by atoms with van der Waals surface area (Å²) in [7, 11) is 0. The van der Waals surface area contributed by atoms with Crippen LogP contribution in [-0.2, 0) is 32.1 Å². The van der Waals surface area contributed by atoms with Gasteiger partial charge in [-0.3, -0.25) is 0 Å². The summed E-state index contributed by atoms with van der Waals surface area (Å²) < 4.78 is 4.06. The molecule has 4 rings (SSSR count). The molecule has 2 aliphatic carbocycles. The Labute approximate surface area is 241 Å². The van der Waals surface area contributed by atoms with E-state index in [0.29, 0.717) is 3.63 Å². The van der Waals surface area contributed by atoms with Gasteiger partial charge in [-0.05, 0) is 0 Å². The quantitative estimate of drug-likeness (QED) is 0.494. The third-order valence-corrected chi connectivity index (χ3v) is 15.8. The zero-order valence-corrected chi connectivity index (χ0v) is 28.1. The Morgan fingerprint density at radius 1 is 0.694 bits per heavy atom. The van der Waals surface area contributed by atoms with E-state index in [0.717, 1.165) is 6.42 Å². The van der Waals surface area contributed by atoms with Gasteiger partial charge < -0.3 is 24.8 Å². The molecule has 0 atom stereocenters. The molecule has 0 fully saturated rings. The molecule has 3 heteroatoms. The van der Waals surface area contributed by atoms with Gasteiger partial charge in [0.2, 0.25) is 0 Å². The molecule has 0 saturated carbocycles. The molecule has 0 spiro atoms. The molecule has 36 heavy (non-hydrogen) atoms. The van der Waals surface area contributed by atoms with Crippen LogP contribution in [0, 0.1) is 5.41 Å². The monoisotopic (exact) mass is 600 g/mol. The summed E-state index contributed by atoms with van der Waals surface area (Å²) in [6.07, 6.45) is 6.29. The maximum atomic E-state index is 2.61. The van der Waals surface area contributed by atoms with Crippen LogP contribution < -0.4 is 24.8 Å². The van der Waals surface area contributed by atoms with E-state index in [4.69, 9.17) is 0 Å². The summed E-state index contributed by atoms with van der Waals surface area (Å²) >= 11 is -2.18. The van der Waals surface area contributed by atoms with Crippen LogP contribution in [0.15, 0.2) is 57.4 Å². The van der Waals surface area contributed by atoms with Crippen LogP contribution in [-0.4, -0.2) is 3.21 Å². The normalized spacial score (nSPS) is 15.1. The first-order chi connectivity index (χ1) is 15.6. The predicted molar refractivity (Wildman–Crippen MR) is 148 cm³/mol. The molecule has 2 aromatic carbocycles. The number of allylic oxidation sites excluding steroid dienone is 4. The molecule has 0 amide bonds. The largest absolute Gasteiger partial charge is 1.00 e. The summed E-state index contributed by atoms with van der Waals surface area (Å²) in [5.41, 5.74) is 11.2. The smallest absolute Gasteiger partial charge is 1.00 e. The van der Waals surface area contributed by atoms with Crippen molar-refractivity contribution < 1.29 is 46.1 Å². The topological polar surface area (TPSA) is 0 Å². The van der Waals surface area contributed by atoms with Crippen molar-refractivity contribution in [3.63, 3.8) is 0 Å². The van der Waals surface area contributed by atoms with Crippen molar-refractivity contribution in [1.29, 1.82) is 0 Å². The molecule has 0 heterocycles. The number of hydrogen-bond acceptors (Lipinski definition) is 0. The minimum atomic E-state index is -2.18. The molecule has 0 N–H and O–H groups in total. The molecule has 194 valence electrons. The van der Waals surface area contributed by atoms with Crippen molar-refractivity contribution in [1.82, 2.24) is 0 Å². The van der Waals surface area contributed by atoms with Crippen molar-refractivity contribution in [2.45, 2.75) is 97.0 Å². The zero-order valence-electron chi connectivity index (χ0n) is 24.2. The fraction of sp³-hybridized carbons (Fsp3) is 0.485. The SMILES string of the molecule is C[C](C)=[Zr+2]([C]1=CC(C(C)(C)C)=CC1)[CH]1c2cc(C(C)(C)C)ccc2-c2ccc(C(C)(C)C)cc21.[Cl-].[Cl-]. The average molecular weight is 603 g/mol. The zero-order chi connectivity index (χ0) is 25.2. The molecule has 0 radical (unpaired) electrons. The van der Waals surface area contributed by atoms with Crippen LogP contribution in [0.4, 0.5) is 0 Å². The van der Waals surface area contributed by atoms with Gasteiger partial charge in [-0.1, -0.05) is 0 Å². The maximum absolute atomic E-state index is 2.61. The summed E-state index contributed by atoms with van der Waals surface area (Å²) in [5, 5.41) is 0. The van der Waals surface area contributed by atoms with Crippen LogP contribution in [0.5, 0.6) is 0 Å². The van der Waals surface area contributed by atoms with E-state index in [1.807, 2.05) is 0 Å². The minimum absolute atomic E-state index is 0. The second-order valence-electron chi connectivity index (χ2n) is 13.7. The Hall–Kier alpha value is -0.747. The van der Waals surface area contributed by atoms with Crippen LogP contribution in [0.3, 0.4) is 0 Å². The van der Waals surface area contributed by atoms with Gasteiger partial charge in [0.15, 0.2) is 0 Å². The Kier molecular flexibility index (Phi) is 9.43. The fourth-order valence-electron chi connectivity index (χ4n) is 5.54. The summed E-state index contributed by atoms with van der Waals surface area (Å²) in [6.45, 7) is 26.0. The molecular formula is C33H44Cl2Zr. The Morgan fingerprint density at radius 2 is 1.14 bits per heavy atom. The van der Waals surface area contributed by atoms with E-state index in [9.17, 15) is 0 Å². The van der Waals surface area contributed by atoms with E-state index in [-0.39, 0.29) is 41.1 Å². The average Bonchev–Trinajstić information content (AvgIpc) is 3.30. The van der Waals surface area contributed by atoms with Crippen LogP contribution >= 0.6 is 0 Å². The Morgan fingerprint density at radius 3 is 1.47 bits per heavy atom. The Balaban J connectivity index is 0.00000228. The Bertz CT molecular complexity index is 1170. The van der Waals surface area contributed by atoms with E-state index in [1.54, 1.807) is 17.6 Å². The molecule has 0 saturated heterocycles. The third-order valence-electron chi connectivity index (χ3n) is 7.66. The number of benzene rings is 2. The third kappa shape index (κ3) is 5.95. The van der Waals surface area contributed by atoms with Crippen molar-refractivity contribution in [3.05, 3.63) is 79.7 Å². The van der Waals surface area contributed by atoms with E-state index in [2.05, 4.69) is 125 Å². The van der Waals surface area contributed by atoms with Crippen molar-refractivity contribution in [2.75, 3.05) is 0 Å². The molecule has 0 aromatic heterocycles. The van der Waals surface area contributed by atoms with Crippen molar-refractivity contribution in [3.8, 4) is 11.1 Å². The molecule has 2 aliphatic rings. The summed E-state index contributed by atoms with van der Waals surface area (Å²) in [4.78, 5) is 0. The maximum Gasteiger partial charge on any atom is -1.00 e. The molecule has 0 unspecified atom stereocenters. The van der Waals surface area contributed by atoms with Gasteiger partial charge in [0.25, 0.3) is 0 Å². The number of hydrogen-bond donors (Lipinski definition) is 0. The molecule has 0 nitrogen and oxygen atoms in total. The van der Waals surface area contributed by atoms with E-state index in [1.165, 1.54) is 27.8 Å². The first-order valence-corrected chi connectivity index (χ1v) is 16.8. The standard InChI is InChI=1S/C21H25.C9H13.C3H6.2ClH.Zr/c1-20(2,3)16-7-9-18-14(12-16)11-15-13-17(21(4,5)6)8-10-19(15)18;1-9(2,3)8-6-4-5-7-8;1-3-2;;;/h7-13H,1-6H3;6-7H,4H2,1-3H3;1-2H3;2*1H;/q;;;;;+2/p-2. The predicted octanol–water partition coefficient (Wildman–Crippen LogP) is 3.45. The number of rotatable bonds is 2. The van der Waals surface area contributed by atoms with Crippen molar-refractivity contribution >= 4 is 3.21 Å². The number of halogens is 2. The molecule has 0 bridgehead atoms. The van der Waals surface area contributed by atoms with Crippen LogP contribution in [0.2, 0.25) is 0 Å². The van der Waals surface area contributed by atoms with E-state index >= 15 is 0 Å². The number of fused-ring (bicyclic) bond motifs is 3. The fourth-order valence-corrected chi connectivity index (χ4v) is 13.7. The molecule has 2 aromatic rings. The first-order valence-electron chi connectivity index (χ1n) is 13.0. The van der Waals surface area contributed by atoms with Gasteiger partial charge in [-0.15, -0.1) is 0 Å². The summed E-state index contributed by atoms with van der Waals surface area (Å²) in [5.74, 6) is 0. The first kappa shape index (κ1) is 31.5.